The molecule has 2 aliphatic rings. The molecule has 1 fully saturated rings. The maximum atomic E-state index is 12.9. The molecule has 0 bridgehead atoms. The summed E-state index contributed by atoms with van der Waals surface area (Å²) in [4.78, 5) is 21.4. The average Bonchev–Trinajstić information content (AvgIpc) is 2.96. The number of pyridine rings is 1. The summed E-state index contributed by atoms with van der Waals surface area (Å²) in [5, 5.41) is 0.405. The van der Waals surface area contributed by atoms with E-state index < -0.39 is 0 Å². The molecule has 2 aromatic carbocycles. The summed E-state index contributed by atoms with van der Waals surface area (Å²) < 4.78 is 0. The van der Waals surface area contributed by atoms with E-state index in [0.29, 0.717) is 23.8 Å². The number of nitrogens with zero attached hydrogens (tertiary/aromatic N) is 3. The molecule has 0 N–H and O–H groups in total. The lowest BCUT2D eigenvalue weighted by atomic mass is 9.92. The van der Waals surface area contributed by atoms with Crippen LogP contribution >= 0.6 is 11.6 Å². The third-order valence-electron chi connectivity index (χ3n) is 6.30. The van der Waals surface area contributed by atoms with Crippen molar-refractivity contribution < 1.29 is 4.79 Å². The summed E-state index contributed by atoms with van der Waals surface area (Å²) in [6, 6.07) is 21.3. The van der Waals surface area contributed by atoms with Crippen molar-refractivity contribution in [3.05, 3.63) is 99.8 Å². The lowest BCUT2D eigenvalue weighted by molar-refractivity contribution is 0.0596. The van der Waals surface area contributed by atoms with Crippen LogP contribution in [0.25, 0.3) is 0 Å². The molecule has 0 atom stereocenters. The number of halogens is 1. The number of benzene rings is 2. The van der Waals surface area contributed by atoms with Crippen LogP contribution in [0.5, 0.6) is 0 Å². The summed E-state index contributed by atoms with van der Waals surface area (Å²) in [5.74, 6) is 0.0282. The van der Waals surface area contributed by atoms with E-state index in [1.54, 1.807) is 18.3 Å². The summed E-state index contributed by atoms with van der Waals surface area (Å²) >= 11 is 5.86. The van der Waals surface area contributed by atoms with Crippen molar-refractivity contribution in [1.82, 2.24) is 14.8 Å². The molecule has 0 unspecified atom stereocenters. The van der Waals surface area contributed by atoms with Crippen molar-refractivity contribution >= 4 is 17.5 Å². The van der Waals surface area contributed by atoms with Crippen molar-refractivity contribution in [1.29, 1.82) is 0 Å². The Balaban J connectivity index is 1.39. The number of hydrogen-bond acceptors (Lipinski definition) is 3. The van der Waals surface area contributed by atoms with Gasteiger partial charge in [0, 0.05) is 32.4 Å². The molecule has 5 rings (SSSR count). The molecule has 152 valence electrons. The van der Waals surface area contributed by atoms with Gasteiger partial charge in [-0.1, -0.05) is 60.1 Å². The fraction of sp³-hybridized carbons (Fsp3) is 0.280. The standard InChI is InChI=1S/C25H24ClN3O/c26-23-12-11-20(17-27-23)25(30)29-15-13-28(14-16-29)24-21-7-3-1-5-18(21)9-10-19-6-2-4-8-22(19)24/h1-8,11-12,17,24H,9-10,13-16H2. The van der Waals surface area contributed by atoms with Gasteiger partial charge in [0.15, 0.2) is 0 Å². The van der Waals surface area contributed by atoms with Crippen molar-refractivity contribution in [3.8, 4) is 0 Å². The molecule has 1 amide bonds. The Hall–Kier alpha value is -2.69. The van der Waals surface area contributed by atoms with E-state index in [1.165, 1.54) is 22.3 Å². The monoisotopic (exact) mass is 417 g/mol. The Labute approximate surface area is 182 Å². The maximum absolute atomic E-state index is 12.9. The Morgan fingerprint density at radius 2 is 1.43 bits per heavy atom. The lowest BCUT2D eigenvalue weighted by Gasteiger charge is -2.40. The molecular weight excluding hydrogens is 394 g/mol. The van der Waals surface area contributed by atoms with Crippen LogP contribution < -0.4 is 0 Å². The first-order valence-electron chi connectivity index (χ1n) is 10.5. The van der Waals surface area contributed by atoms with Crippen molar-refractivity contribution in [2.45, 2.75) is 18.9 Å². The minimum absolute atomic E-state index is 0.0282. The summed E-state index contributed by atoms with van der Waals surface area (Å²) in [6.07, 6.45) is 3.71. The number of hydrogen-bond donors (Lipinski definition) is 0. The zero-order valence-corrected chi connectivity index (χ0v) is 17.6. The van der Waals surface area contributed by atoms with Gasteiger partial charge < -0.3 is 4.90 Å². The minimum Gasteiger partial charge on any atom is -0.336 e. The number of carbonyl (C=O) groups excluding carboxylic acids is 1. The molecule has 1 saturated heterocycles. The van der Waals surface area contributed by atoms with Crippen LogP contribution in [-0.4, -0.2) is 46.9 Å². The number of aromatic nitrogens is 1. The van der Waals surface area contributed by atoms with E-state index in [0.717, 1.165) is 25.9 Å². The molecule has 1 aliphatic carbocycles. The molecule has 1 aliphatic heterocycles. The highest BCUT2D eigenvalue weighted by atomic mass is 35.5. The highest BCUT2D eigenvalue weighted by Crippen LogP contribution is 2.37. The Morgan fingerprint density at radius 1 is 0.833 bits per heavy atom. The highest BCUT2D eigenvalue weighted by Gasteiger charge is 2.32. The maximum Gasteiger partial charge on any atom is 0.255 e. The fourth-order valence-corrected chi connectivity index (χ4v) is 4.87. The van der Waals surface area contributed by atoms with E-state index in [4.69, 9.17) is 11.6 Å². The molecule has 5 heteroatoms. The van der Waals surface area contributed by atoms with Gasteiger partial charge in [-0.15, -0.1) is 0 Å². The number of amides is 1. The van der Waals surface area contributed by atoms with Crippen LogP contribution in [0, 0.1) is 0 Å². The number of piperazine rings is 1. The summed E-state index contributed by atoms with van der Waals surface area (Å²) in [5.41, 5.74) is 6.28. The van der Waals surface area contributed by atoms with E-state index in [-0.39, 0.29) is 11.9 Å². The van der Waals surface area contributed by atoms with Gasteiger partial charge in [0.05, 0.1) is 11.6 Å². The zero-order valence-electron chi connectivity index (χ0n) is 16.8. The first-order chi connectivity index (χ1) is 14.7. The highest BCUT2D eigenvalue weighted by molar-refractivity contribution is 6.29. The van der Waals surface area contributed by atoms with E-state index in [9.17, 15) is 4.79 Å². The van der Waals surface area contributed by atoms with Crippen LogP contribution in [-0.2, 0) is 12.8 Å². The van der Waals surface area contributed by atoms with Gasteiger partial charge in [-0.25, -0.2) is 4.98 Å². The predicted octanol–water partition coefficient (Wildman–Crippen LogP) is 4.38. The van der Waals surface area contributed by atoms with Gasteiger partial charge in [0.25, 0.3) is 5.91 Å². The second kappa shape index (κ2) is 8.21. The summed E-state index contributed by atoms with van der Waals surface area (Å²) in [7, 11) is 0. The zero-order chi connectivity index (χ0) is 20.5. The first kappa shape index (κ1) is 19.3. The Bertz CT molecular complexity index is 1010. The van der Waals surface area contributed by atoms with Crippen molar-refractivity contribution in [2.24, 2.45) is 0 Å². The van der Waals surface area contributed by atoms with Crippen molar-refractivity contribution in [3.63, 3.8) is 0 Å². The second-order valence-electron chi connectivity index (χ2n) is 8.00. The quantitative estimate of drug-likeness (QED) is 0.580. The Morgan fingerprint density at radius 3 is 2.00 bits per heavy atom. The van der Waals surface area contributed by atoms with Gasteiger partial charge in [-0.2, -0.15) is 0 Å². The summed E-state index contributed by atoms with van der Waals surface area (Å²) in [6.45, 7) is 3.12. The number of aryl methyl sites for hydroxylation is 2. The Kier molecular flexibility index (Phi) is 5.28. The third kappa shape index (κ3) is 3.62. The van der Waals surface area contributed by atoms with E-state index in [1.807, 2.05) is 4.90 Å². The van der Waals surface area contributed by atoms with E-state index >= 15 is 0 Å². The van der Waals surface area contributed by atoms with Gasteiger partial charge >= 0.3 is 0 Å². The average molecular weight is 418 g/mol. The van der Waals surface area contributed by atoms with Gasteiger partial charge in [0.2, 0.25) is 0 Å². The lowest BCUT2D eigenvalue weighted by Crippen LogP contribution is -2.50. The third-order valence-corrected chi connectivity index (χ3v) is 6.53. The number of fused-ring (bicyclic) bond motifs is 2. The van der Waals surface area contributed by atoms with E-state index in [2.05, 4.69) is 58.4 Å². The van der Waals surface area contributed by atoms with Gasteiger partial charge in [-0.05, 0) is 47.2 Å². The van der Waals surface area contributed by atoms with Crippen LogP contribution in [0.1, 0.15) is 38.7 Å². The molecule has 3 aromatic rings. The second-order valence-corrected chi connectivity index (χ2v) is 8.39. The van der Waals surface area contributed by atoms with Gasteiger partial charge in [0.1, 0.15) is 5.15 Å². The largest absolute Gasteiger partial charge is 0.336 e. The van der Waals surface area contributed by atoms with Crippen LogP contribution in [0.4, 0.5) is 0 Å². The predicted molar refractivity (Wildman–Crippen MR) is 119 cm³/mol. The number of rotatable bonds is 2. The minimum atomic E-state index is 0.0282. The molecule has 0 saturated carbocycles. The fourth-order valence-electron chi connectivity index (χ4n) is 4.76. The van der Waals surface area contributed by atoms with Gasteiger partial charge in [-0.3, -0.25) is 9.69 Å². The molecular formula is C25H24ClN3O. The SMILES string of the molecule is O=C(c1ccc(Cl)nc1)N1CCN(C2c3ccccc3CCc3ccccc32)CC1. The topological polar surface area (TPSA) is 36.4 Å². The van der Waals surface area contributed by atoms with Crippen LogP contribution in [0.15, 0.2) is 66.9 Å². The van der Waals surface area contributed by atoms with Crippen LogP contribution in [0.3, 0.4) is 0 Å². The number of carbonyl (C=O) groups is 1. The molecule has 0 spiro atoms. The molecule has 0 radical (unpaired) electrons. The molecule has 4 nitrogen and oxygen atoms in total. The molecule has 30 heavy (non-hydrogen) atoms. The molecule has 2 heterocycles. The smallest absolute Gasteiger partial charge is 0.255 e. The normalized spacial score (nSPS) is 17.2. The van der Waals surface area contributed by atoms with Crippen LogP contribution in [0.2, 0.25) is 5.15 Å². The first-order valence-corrected chi connectivity index (χ1v) is 10.9. The molecule has 1 aromatic heterocycles. The van der Waals surface area contributed by atoms with Crippen molar-refractivity contribution in [2.75, 3.05) is 26.2 Å².